The number of hydrogen-bond acceptors (Lipinski definition) is 3. The zero-order valence-electron chi connectivity index (χ0n) is 10.1. The Labute approximate surface area is 101 Å². The van der Waals surface area contributed by atoms with Gasteiger partial charge in [-0.3, -0.25) is 0 Å². The van der Waals surface area contributed by atoms with Gasteiger partial charge in [-0.25, -0.2) is 4.79 Å². The van der Waals surface area contributed by atoms with Crippen LogP contribution in [0.1, 0.15) is 19.8 Å². The molecule has 0 aromatic heterocycles. The summed E-state index contributed by atoms with van der Waals surface area (Å²) in [5.74, 6) is 0.0523. The van der Waals surface area contributed by atoms with Crippen molar-refractivity contribution in [1.29, 1.82) is 0 Å². The minimum absolute atomic E-state index is 0.199. The van der Waals surface area contributed by atoms with Crippen LogP contribution < -0.4 is 10.1 Å². The molecule has 1 unspecified atom stereocenters. The smallest absolute Gasteiger partial charge is 0.329 e. The number of nitrogens with one attached hydrogen (secondary N) is 1. The van der Waals surface area contributed by atoms with Crippen LogP contribution in [0.3, 0.4) is 0 Å². The second-order valence-corrected chi connectivity index (χ2v) is 4.61. The highest BCUT2D eigenvalue weighted by Crippen LogP contribution is 2.42. The van der Waals surface area contributed by atoms with Crippen molar-refractivity contribution in [1.82, 2.24) is 0 Å². The SMILES string of the molecule is COc1ccccc1NC(C)(C(=O)O)C1CC1. The molecule has 1 aromatic rings. The maximum Gasteiger partial charge on any atom is 0.329 e. The Balaban J connectivity index is 2.26. The van der Waals surface area contributed by atoms with Crippen LogP contribution in [0.4, 0.5) is 5.69 Å². The molecule has 1 aliphatic carbocycles. The van der Waals surface area contributed by atoms with Gasteiger partial charge < -0.3 is 15.2 Å². The Bertz CT molecular complexity index is 428. The van der Waals surface area contributed by atoms with Gasteiger partial charge in [-0.1, -0.05) is 12.1 Å². The molecular formula is C13H17NO3. The molecule has 0 radical (unpaired) electrons. The average Bonchev–Trinajstić information content (AvgIpc) is 3.13. The number of para-hydroxylation sites is 2. The predicted octanol–water partition coefficient (Wildman–Crippen LogP) is 2.36. The zero-order chi connectivity index (χ0) is 12.5. The van der Waals surface area contributed by atoms with E-state index in [1.54, 1.807) is 14.0 Å². The lowest BCUT2D eigenvalue weighted by atomic mass is 9.95. The van der Waals surface area contributed by atoms with E-state index >= 15 is 0 Å². The molecule has 0 aliphatic heterocycles. The van der Waals surface area contributed by atoms with Crippen molar-refractivity contribution < 1.29 is 14.6 Å². The second kappa shape index (κ2) is 4.28. The molecule has 2 rings (SSSR count). The van der Waals surface area contributed by atoms with E-state index in [0.29, 0.717) is 5.75 Å². The number of carboxylic acids is 1. The van der Waals surface area contributed by atoms with Crippen molar-refractivity contribution in [3.63, 3.8) is 0 Å². The molecular weight excluding hydrogens is 218 g/mol. The van der Waals surface area contributed by atoms with Crippen molar-refractivity contribution >= 4 is 11.7 Å². The van der Waals surface area contributed by atoms with Gasteiger partial charge in [0.25, 0.3) is 0 Å². The monoisotopic (exact) mass is 235 g/mol. The summed E-state index contributed by atoms with van der Waals surface area (Å²) in [6.07, 6.45) is 1.93. The molecule has 1 aliphatic rings. The zero-order valence-corrected chi connectivity index (χ0v) is 10.1. The summed E-state index contributed by atoms with van der Waals surface area (Å²) < 4.78 is 5.22. The summed E-state index contributed by atoms with van der Waals surface area (Å²) >= 11 is 0. The molecule has 1 saturated carbocycles. The van der Waals surface area contributed by atoms with Crippen LogP contribution in [0.15, 0.2) is 24.3 Å². The van der Waals surface area contributed by atoms with E-state index in [0.717, 1.165) is 18.5 Å². The van der Waals surface area contributed by atoms with Gasteiger partial charge in [0.05, 0.1) is 12.8 Å². The number of carbonyl (C=O) groups is 1. The molecule has 1 fully saturated rings. The van der Waals surface area contributed by atoms with Gasteiger partial charge in [0, 0.05) is 0 Å². The Morgan fingerprint density at radius 2 is 2.12 bits per heavy atom. The number of carboxylic acid groups (broad SMARTS) is 1. The van der Waals surface area contributed by atoms with Crippen molar-refractivity contribution in [2.45, 2.75) is 25.3 Å². The molecule has 0 heterocycles. The summed E-state index contributed by atoms with van der Waals surface area (Å²) in [6.45, 7) is 1.74. The third-order valence-electron chi connectivity index (χ3n) is 3.34. The molecule has 1 aromatic carbocycles. The number of anilines is 1. The van der Waals surface area contributed by atoms with Crippen molar-refractivity contribution in [2.75, 3.05) is 12.4 Å². The number of benzene rings is 1. The minimum atomic E-state index is -0.908. The van der Waals surface area contributed by atoms with E-state index < -0.39 is 11.5 Å². The van der Waals surface area contributed by atoms with Crippen molar-refractivity contribution in [3.05, 3.63) is 24.3 Å². The first-order valence-electron chi connectivity index (χ1n) is 5.72. The fourth-order valence-electron chi connectivity index (χ4n) is 2.02. The topological polar surface area (TPSA) is 58.6 Å². The summed E-state index contributed by atoms with van der Waals surface area (Å²) in [7, 11) is 1.58. The normalized spacial score (nSPS) is 18.2. The molecule has 0 bridgehead atoms. The average molecular weight is 235 g/mol. The largest absolute Gasteiger partial charge is 0.495 e. The van der Waals surface area contributed by atoms with E-state index in [-0.39, 0.29) is 5.92 Å². The number of aliphatic carboxylic acids is 1. The van der Waals surface area contributed by atoms with Crippen LogP contribution in [-0.2, 0) is 4.79 Å². The highest BCUT2D eigenvalue weighted by Gasteiger charge is 2.47. The van der Waals surface area contributed by atoms with Gasteiger partial charge in [-0.2, -0.15) is 0 Å². The molecule has 0 saturated heterocycles. The summed E-state index contributed by atoms with van der Waals surface area (Å²) in [5, 5.41) is 12.5. The lowest BCUT2D eigenvalue weighted by Crippen LogP contribution is -2.45. The van der Waals surface area contributed by atoms with Crippen LogP contribution in [0.25, 0.3) is 0 Å². The number of ether oxygens (including phenoxy) is 1. The molecule has 4 heteroatoms. The van der Waals surface area contributed by atoms with Gasteiger partial charge in [0.1, 0.15) is 11.3 Å². The first kappa shape index (κ1) is 11.8. The summed E-state index contributed by atoms with van der Waals surface area (Å²) in [6, 6.07) is 7.37. The maximum absolute atomic E-state index is 11.4. The van der Waals surface area contributed by atoms with E-state index in [9.17, 15) is 9.90 Å². The van der Waals surface area contributed by atoms with E-state index in [1.165, 1.54) is 0 Å². The highest BCUT2D eigenvalue weighted by atomic mass is 16.5. The van der Waals surface area contributed by atoms with Gasteiger partial charge in [0.15, 0.2) is 0 Å². The van der Waals surface area contributed by atoms with Crippen molar-refractivity contribution in [3.8, 4) is 5.75 Å². The van der Waals surface area contributed by atoms with Crippen LogP contribution in [0.5, 0.6) is 5.75 Å². The fraction of sp³-hybridized carbons (Fsp3) is 0.462. The van der Waals surface area contributed by atoms with E-state index in [1.807, 2.05) is 24.3 Å². The van der Waals surface area contributed by atoms with Crippen molar-refractivity contribution in [2.24, 2.45) is 5.92 Å². The van der Waals surface area contributed by atoms with Gasteiger partial charge in [-0.15, -0.1) is 0 Å². The highest BCUT2D eigenvalue weighted by molar-refractivity contribution is 5.84. The van der Waals surface area contributed by atoms with Crippen LogP contribution >= 0.6 is 0 Å². The maximum atomic E-state index is 11.4. The number of rotatable bonds is 5. The molecule has 0 spiro atoms. The van der Waals surface area contributed by atoms with E-state index in [4.69, 9.17) is 4.74 Å². The van der Waals surface area contributed by atoms with Gasteiger partial charge in [0.2, 0.25) is 0 Å². The number of hydrogen-bond donors (Lipinski definition) is 2. The van der Waals surface area contributed by atoms with Crippen LogP contribution in [0, 0.1) is 5.92 Å². The third kappa shape index (κ3) is 2.20. The lowest BCUT2D eigenvalue weighted by molar-refractivity contribution is -0.142. The molecule has 92 valence electrons. The summed E-state index contributed by atoms with van der Waals surface area (Å²) in [5.41, 5.74) is -0.180. The molecule has 2 N–H and O–H groups in total. The number of methoxy groups -OCH3 is 1. The van der Waals surface area contributed by atoms with E-state index in [2.05, 4.69) is 5.32 Å². The Hall–Kier alpha value is -1.71. The second-order valence-electron chi connectivity index (χ2n) is 4.61. The Morgan fingerprint density at radius 1 is 1.47 bits per heavy atom. The molecule has 17 heavy (non-hydrogen) atoms. The minimum Gasteiger partial charge on any atom is -0.495 e. The lowest BCUT2D eigenvalue weighted by Gasteiger charge is -2.28. The Kier molecular flexibility index (Phi) is 2.96. The first-order chi connectivity index (χ1) is 8.08. The first-order valence-corrected chi connectivity index (χ1v) is 5.72. The van der Waals surface area contributed by atoms with Crippen LogP contribution in [0.2, 0.25) is 0 Å². The van der Waals surface area contributed by atoms with Gasteiger partial charge in [-0.05, 0) is 37.8 Å². The molecule has 4 nitrogen and oxygen atoms in total. The van der Waals surface area contributed by atoms with Crippen LogP contribution in [-0.4, -0.2) is 23.7 Å². The summed E-state index contributed by atoms with van der Waals surface area (Å²) in [4.78, 5) is 11.4. The molecule has 1 atom stereocenters. The third-order valence-corrected chi connectivity index (χ3v) is 3.34. The molecule has 0 amide bonds. The van der Waals surface area contributed by atoms with Gasteiger partial charge >= 0.3 is 5.97 Å². The Morgan fingerprint density at radius 3 is 2.65 bits per heavy atom. The fourth-order valence-corrected chi connectivity index (χ4v) is 2.02. The quantitative estimate of drug-likeness (QED) is 0.822. The predicted molar refractivity (Wildman–Crippen MR) is 65.4 cm³/mol. The standard InChI is InChI=1S/C13H17NO3/c1-13(12(15)16,9-7-8-9)14-10-5-3-4-6-11(10)17-2/h3-6,9,14H,7-8H2,1-2H3,(H,15,16).